The second kappa shape index (κ2) is 5.73. The SMILES string of the molecule is Cc1sc(C2CCOCC2)nc1-c1ccccc1Br. The van der Waals surface area contributed by atoms with Gasteiger partial charge in [-0.25, -0.2) is 4.98 Å². The molecular formula is C15H16BrNOS. The first-order valence-corrected chi connectivity index (χ1v) is 8.16. The van der Waals surface area contributed by atoms with Crippen LogP contribution in [-0.2, 0) is 4.74 Å². The number of halogens is 1. The molecule has 3 rings (SSSR count). The predicted octanol–water partition coefficient (Wildman–Crippen LogP) is 4.78. The molecule has 100 valence electrons. The number of aromatic nitrogens is 1. The summed E-state index contributed by atoms with van der Waals surface area (Å²) in [5.41, 5.74) is 2.31. The van der Waals surface area contributed by atoms with Gasteiger partial charge in [0.25, 0.3) is 0 Å². The Bertz CT molecular complexity index is 575. The molecule has 1 aliphatic rings. The molecule has 0 saturated carbocycles. The Kier molecular flexibility index (Phi) is 4.01. The lowest BCUT2D eigenvalue weighted by Gasteiger charge is -2.19. The molecule has 1 fully saturated rings. The Morgan fingerprint density at radius 3 is 2.74 bits per heavy atom. The maximum Gasteiger partial charge on any atom is 0.0968 e. The number of nitrogens with zero attached hydrogens (tertiary/aromatic N) is 1. The van der Waals surface area contributed by atoms with Gasteiger partial charge in [-0.15, -0.1) is 11.3 Å². The Balaban J connectivity index is 1.95. The molecule has 2 aromatic rings. The van der Waals surface area contributed by atoms with Gasteiger partial charge in [0.2, 0.25) is 0 Å². The summed E-state index contributed by atoms with van der Waals surface area (Å²) >= 11 is 5.45. The van der Waals surface area contributed by atoms with Gasteiger partial charge < -0.3 is 4.74 Å². The molecule has 1 saturated heterocycles. The molecule has 0 spiro atoms. The van der Waals surface area contributed by atoms with Crippen molar-refractivity contribution in [1.82, 2.24) is 4.98 Å². The monoisotopic (exact) mass is 337 g/mol. The normalized spacial score (nSPS) is 16.7. The fourth-order valence-corrected chi connectivity index (χ4v) is 4.02. The summed E-state index contributed by atoms with van der Waals surface area (Å²) in [6, 6.07) is 8.30. The van der Waals surface area contributed by atoms with Crippen molar-refractivity contribution in [2.75, 3.05) is 13.2 Å². The van der Waals surface area contributed by atoms with E-state index in [0.717, 1.165) is 36.2 Å². The maximum absolute atomic E-state index is 5.43. The minimum atomic E-state index is 0.577. The van der Waals surface area contributed by atoms with E-state index in [1.165, 1.54) is 15.4 Å². The van der Waals surface area contributed by atoms with Crippen LogP contribution in [0.4, 0.5) is 0 Å². The van der Waals surface area contributed by atoms with Gasteiger partial charge in [0.05, 0.1) is 10.7 Å². The number of rotatable bonds is 2. The Morgan fingerprint density at radius 2 is 2.00 bits per heavy atom. The minimum Gasteiger partial charge on any atom is -0.381 e. The van der Waals surface area contributed by atoms with Gasteiger partial charge >= 0.3 is 0 Å². The van der Waals surface area contributed by atoms with E-state index >= 15 is 0 Å². The summed E-state index contributed by atoms with van der Waals surface area (Å²) in [6.07, 6.45) is 2.20. The number of benzene rings is 1. The summed E-state index contributed by atoms with van der Waals surface area (Å²) in [5.74, 6) is 0.577. The molecule has 1 aliphatic heterocycles. The van der Waals surface area contributed by atoms with Crippen LogP contribution in [0.3, 0.4) is 0 Å². The zero-order chi connectivity index (χ0) is 13.2. The molecule has 0 unspecified atom stereocenters. The highest BCUT2D eigenvalue weighted by Gasteiger charge is 2.21. The van der Waals surface area contributed by atoms with Gasteiger partial charge in [-0.2, -0.15) is 0 Å². The van der Waals surface area contributed by atoms with Crippen molar-refractivity contribution in [2.45, 2.75) is 25.7 Å². The van der Waals surface area contributed by atoms with E-state index in [1.807, 2.05) is 17.4 Å². The van der Waals surface area contributed by atoms with Gasteiger partial charge in [-0.3, -0.25) is 0 Å². The topological polar surface area (TPSA) is 22.1 Å². The Morgan fingerprint density at radius 1 is 1.26 bits per heavy atom. The third kappa shape index (κ3) is 2.76. The summed E-state index contributed by atoms with van der Waals surface area (Å²) in [6.45, 7) is 3.90. The van der Waals surface area contributed by atoms with Crippen molar-refractivity contribution in [3.05, 3.63) is 38.6 Å². The summed E-state index contributed by atoms with van der Waals surface area (Å²) < 4.78 is 6.54. The molecule has 0 amide bonds. The van der Waals surface area contributed by atoms with E-state index in [0.29, 0.717) is 5.92 Å². The first kappa shape index (κ1) is 13.3. The second-order valence-electron chi connectivity index (χ2n) is 4.82. The molecule has 0 radical (unpaired) electrons. The van der Waals surface area contributed by atoms with E-state index in [-0.39, 0.29) is 0 Å². The highest BCUT2D eigenvalue weighted by atomic mass is 79.9. The average Bonchev–Trinajstić information content (AvgIpc) is 2.82. The highest BCUT2D eigenvalue weighted by Crippen LogP contribution is 2.37. The second-order valence-corrected chi connectivity index (χ2v) is 6.91. The van der Waals surface area contributed by atoms with Gasteiger partial charge in [0, 0.05) is 34.0 Å². The lowest BCUT2D eigenvalue weighted by atomic mass is 10.0. The van der Waals surface area contributed by atoms with Gasteiger partial charge in [-0.05, 0) is 25.8 Å². The fourth-order valence-electron chi connectivity index (χ4n) is 2.44. The number of hydrogen-bond donors (Lipinski definition) is 0. The molecule has 19 heavy (non-hydrogen) atoms. The maximum atomic E-state index is 5.43. The van der Waals surface area contributed by atoms with E-state index < -0.39 is 0 Å². The smallest absolute Gasteiger partial charge is 0.0968 e. The van der Waals surface area contributed by atoms with Crippen LogP contribution in [0, 0.1) is 6.92 Å². The number of aryl methyl sites for hydroxylation is 1. The molecule has 1 aromatic carbocycles. The van der Waals surface area contributed by atoms with E-state index in [4.69, 9.17) is 9.72 Å². The molecule has 2 heterocycles. The highest BCUT2D eigenvalue weighted by molar-refractivity contribution is 9.10. The van der Waals surface area contributed by atoms with E-state index in [9.17, 15) is 0 Å². The molecule has 0 atom stereocenters. The van der Waals surface area contributed by atoms with Gasteiger partial charge in [0.15, 0.2) is 0 Å². The van der Waals surface area contributed by atoms with E-state index in [1.54, 1.807) is 0 Å². The third-order valence-corrected chi connectivity index (χ3v) is 5.34. The lowest BCUT2D eigenvalue weighted by Crippen LogP contribution is -2.13. The van der Waals surface area contributed by atoms with Crippen molar-refractivity contribution in [1.29, 1.82) is 0 Å². The quantitative estimate of drug-likeness (QED) is 0.786. The van der Waals surface area contributed by atoms with Crippen LogP contribution in [0.15, 0.2) is 28.7 Å². The van der Waals surface area contributed by atoms with Crippen LogP contribution in [0.2, 0.25) is 0 Å². The average molecular weight is 338 g/mol. The van der Waals surface area contributed by atoms with Crippen molar-refractivity contribution in [2.24, 2.45) is 0 Å². The number of hydrogen-bond acceptors (Lipinski definition) is 3. The summed E-state index contributed by atoms with van der Waals surface area (Å²) in [4.78, 5) is 6.20. The zero-order valence-electron chi connectivity index (χ0n) is 10.9. The predicted molar refractivity (Wildman–Crippen MR) is 82.8 cm³/mol. The molecule has 2 nitrogen and oxygen atoms in total. The molecular weight excluding hydrogens is 322 g/mol. The molecule has 1 aromatic heterocycles. The van der Waals surface area contributed by atoms with E-state index in [2.05, 4.69) is 41.1 Å². The Labute approximate surface area is 126 Å². The van der Waals surface area contributed by atoms with Crippen molar-refractivity contribution in [3.8, 4) is 11.3 Å². The first-order valence-electron chi connectivity index (χ1n) is 6.55. The molecule has 0 N–H and O–H groups in total. The lowest BCUT2D eigenvalue weighted by molar-refractivity contribution is 0.0853. The molecule has 4 heteroatoms. The standard InChI is InChI=1S/C15H16BrNOS/c1-10-14(12-4-2-3-5-13(12)16)17-15(19-10)11-6-8-18-9-7-11/h2-5,11H,6-9H2,1H3. The van der Waals surface area contributed by atoms with Crippen LogP contribution < -0.4 is 0 Å². The van der Waals surface area contributed by atoms with Gasteiger partial charge in [0.1, 0.15) is 0 Å². The van der Waals surface area contributed by atoms with Crippen LogP contribution in [0.25, 0.3) is 11.3 Å². The van der Waals surface area contributed by atoms with Crippen LogP contribution in [0.5, 0.6) is 0 Å². The zero-order valence-corrected chi connectivity index (χ0v) is 13.3. The minimum absolute atomic E-state index is 0.577. The van der Waals surface area contributed by atoms with Crippen LogP contribution >= 0.6 is 27.3 Å². The fraction of sp³-hybridized carbons (Fsp3) is 0.400. The van der Waals surface area contributed by atoms with Crippen molar-refractivity contribution >= 4 is 27.3 Å². The first-order chi connectivity index (χ1) is 9.25. The number of ether oxygens (including phenoxy) is 1. The van der Waals surface area contributed by atoms with Crippen LogP contribution in [0.1, 0.15) is 28.6 Å². The Hall–Kier alpha value is -0.710. The van der Waals surface area contributed by atoms with Crippen molar-refractivity contribution in [3.63, 3.8) is 0 Å². The molecule has 0 bridgehead atoms. The third-order valence-electron chi connectivity index (χ3n) is 3.51. The van der Waals surface area contributed by atoms with Gasteiger partial charge in [-0.1, -0.05) is 34.1 Å². The summed E-state index contributed by atoms with van der Waals surface area (Å²) in [5, 5.41) is 1.27. The summed E-state index contributed by atoms with van der Waals surface area (Å²) in [7, 11) is 0. The van der Waals surface area contributed by atoms with Crippen molar-refractivity contribution < 1.29 is 4.74 Å². The molecule has 0 aliphatic carbocycles. The number of thiazole rings is 1. The van der Waals surface area contributed by atoms with Crippen LogP contribution in [-0.4, -0.2) is 18.2 Å². The largest absolute Gasteiger partial charge is 0.381 e.